The smallest absolute Gasteiger partial charge is 0.811 e. The van der Waals surface area contributed by atoms with E-state index in [-0.39, 0.29) is 15.4 Å². The third kappa shape index (κ3) is 3.60. The van der Waals surface area contributed by atoms with Gasteiger partial charge in [-0.1, -0.05) is 19.7 Å². The van der Waals surface area contributed by atoms with Crippen LogP contribution >= 0.6 is 7.60 Å². The topological polar surface area (TPSA) is 133 Å². The van der Waals surface area contributed by atoms with Gasteiger partial charge in [-0.05, 0) is 12.6 Å². The molecule has 102 valence electrons. The quantitative estimate of drug-likeness (QED) is 0.577. The van der Waals surface area contributed by atoms with Crippen LogP contribution in [-0.4, -0.2) is 25.7 Å². The lowest BCUT2D eigenvalue weighted by atomic mass is 10.4. The van der Waals surface area contributed by atoms with Gasteiger partial charge in [-0.15, -0.1) is 0 Å². The summed E-state index contributed by atoms with van der Waals surface area (Å²) < 4.78 is 12.2. The van der Waals surface area contributed by atoms with Crippen LogP contribution in [0.3, 0.4) is 0 Å². The molecule has 0 unspecified atom stereocenters. The highest BCUT2D eigenvalue weighted by Crippen LogP contribution is 2.23. The summed E-state index contributed by atoms with van der Waals surface area (Å²) >= 11 is 0. The van der Waals surface area contributed by atoms with Gasteiger partial charge < -0.3 is 24.7 Å². The van der Waals surface area contributed by atoms with Crippen molar-refractivity contribution in [3.05, 3.63) is 24.8 Å². The minimum Gasteiger partial charge on any atom is -0.811 e. The number of aromatic nitrogens is 4. The number of nitrogen functional groups attached to an aromatic ring is 1. The van der Waals surface area contributed by atoms with Crippen molar-refractivity contribution in [2.45, 2.75) is 13.0 Å². The van der Waals surface area contributed by atoms with Crippen LogP contribution in [0.15, 0.2) is 24.8 Å². The van der Waals surface area contributed by atoms with Gasteiger partial charge in [0.25, 0.3) is 0 Å². The normalized spacial score (nSPS) is 12.5. The number of hydrogen-bond donors (Lipinski definition) is 1. The molecule has 8 nitrogen and oxygen atoms in total. The van der Waals surface area contributed by atoms with Gasteiger partial charge in [0.2, 0.25) is 0 Å². The van der Waals surface area contributed by atoms with E-state index in [0.717, 1.165) is 0 Å². The number of fused-ring (bicyclic) bond motifs is 1. The second-order valence-electron chi connectivity index (χ2n) is 3.92. The third-order valence-electron chi connectivity index (χ3n) is 2.47. The average molecular weight is 283 g/mol. The van der Waals surface area contributed by atoms with Gasteiger partial charge in [0.15, 0.2) is 11.5 Å². The highest BCUT2D eigenvalue weighted by molar-refractivity contribution is 7.48. The molecule has 9 heteroatoms. The molecule has 2 aromatic rings. The Morgan fingerprint density at radius 3 is 2.89 bits per heavy atom. The predicted molar refractivity (Wildman–Crippen MR) is 68.2 cm³/mol. The summed E-state index contributed by atoms with van der Waals surface area (Å²) in [5.41, 5.74) is 6.78. The molecule has 2 aromatic heterocycles. The Morgan fingerprint density at radius 1 is 1.37 bits per heavy atom. The number of nitrogens with two attached hydrogens (primary N) is 1. The number of imidazole rings is 1. The second-order valence-corrected chi connectivity index (χ2v) is 5.59. The van der Waals surface area contributed by atoms with Crippen molar-refractivity contribution in [2.24, 2.45) is 0 Å². The summed E-state index contributed by atoms with van der Waals surface area (Å²) in [5.74, 6) is 0.311. The summed E-state index contributed by atoms with van der Waals surface area (Å²) in [5, 5.41) is 0. The first-order valence-electron chi connectivity index (χ1n) is 5.55. The largest absolute Gasteiger partial charge is 1.00 e. The Morgan fingerprint density at radius 2 is 2.16 bits per heavy atom. The molecule has 0 aromatic carbocycles. The van der Waals surface area contributed by atoms with Gasteiger partial charge in [0.1, 0.15) is 11.8 Å². The van der Waals surface area contributed by atoms with Crippen LogP contribution in [0.2, 0.25) is 0 Å². The van der Waals surface area contributed by atoms with E-state index in [4.69, 9.17) is 5.73 Å². The lowest BCUT2D eigenvalue weighted by Crippen LogP contribution is -2.16. The van der Waals surface area contributed by atoms with Crippen LogP contribution in [0.1, 0.15) is 9.27 Å². The second kappa shape index (κ2) is 5.48. The molecule has 0 aliphatic heterocycles. The van der Waals surface area contributed by atoms with Gasteiger partial charge in [0.05, 0.1) is 6.33 Å². The van der Waals surface area contributed by atoms with Gasteiger partial charge in [-0.2, -0.15) is 0 Å². The maximum Gasteiger partial charge on any atom is 1.00 e. The first kappa shape index (κ1) is 13.7. The minimum absolute atomic E-state index is 0. The summed E-state index contributed by atoms with van der Waals surface area (Å²) in [4.78, 5) is 32.8. The molecule has 2 rings (SSSR count). The molecular formula is C10H14N5O3P. The van der Waals surface area contributed by atoms with E-state index >= 15 is 0 Å². The van der Waals surface area contributed by atoms with Crippen LogP contribution in [0.5, 0.6) is 0 Å². The number of allylic oxidation sites excluding steroid dienone is 2. The predicted octanol–water partition coefficient (Wildman–Crippen LogP) is -0.507. The van der Waals surface area contributed by atoms with E-state index in [0.29, 0.717) is 23.5 Å². The van der Waals surface area contributed by atoms with E-state index in [2.05, 4.69) is 15.0 Å². The Kier molecular flexibility index (Phi) is 3.94. The fourth-order valence-electron chi connectivity index (χ4n) is 1.57. The van der Waals surface area contributed by atoms with Crippen LogP contribution in [0.4, 0.5) is 5.82 Å². The van der Waals surface area contributed by atoms with Crippen molar-refractivity contribution in [3.8, 4) is 0 Å². The molecular weight excluding hydrogens is 269 g/mol. The van der Waals surface area contributed by atoms with Gasteiger partial charge in [0, 0.05) is 6.54 Å². The maximum absolute atomic E-state index is 10.4. The number of rotatable bonds is 5. The Balaban J connectivity index is 0.00000200. The monoisotopic (exact) mass is 283 g/mol. The van der Waals surface area contributed by atoms with Crippen molar-refractivity contribution in [2.75, 3.05) is 11.9 Å². The number of hydrogen-bond acceptors (Lipinski definition) is 7. The molecule has 0 aliphatic rings. The Labute approximate surface area is 112 Å². The molecule has 0 saturated heterocycles. The van der Waals surface area contributed by atoms with Crippen molar-refractivity contribution in [1.82, 2.24) is 19.5 Å². The SMILES string of the molecule is Nc1ncnc2c1ncn2C/C=C/CCP(=O)([O-])[O-].[H+].[H+]. The molecule has 0 aliphatic carbocycles. The van der Waals surface area contributed by atoms with Crippen LogP contribution in [-0.2, 0) is 11.1 Å². The molecule has 19 heavy (non-hydrogen) atoms. The first-order valence-corrected chi connectivity index (χ1v) is 7.27. The standard InChI is InChI=1S/C10H14N5O3P/c11-9-8-10(13-6-12-9)15(7-14-8)4-2-1-3-5-19(16,17)18/h1-2,6-7H,3-5H2,(H2,11,12,13)(H2,16,17,18)/b2-1+. The lowest BCUT2D eigenvalue weighted by molar-refractivity contribution is -0.313. The minimum atomic E-state index is -4.42. The fourth-order valence-corrected chi connectivity index (χ4v) is 2.04. The molecule has 0 fully saturated rings. The van der Waals surface area contributed by atoms with E-state index in [1.54, 1.807) is 23.0 Å². The Bertz CT molecular complexity index is 657. The summed E-state index contributed by atoms with van der Waals surface area (Å²) in [6, 6.07) is 0. The molecule has 0 atom stereocenters. The van der Waals surface area contributed by atoms with Crippen molar-refractivity contribution in [3.63, 3.8) is 0 Å². The van der Waals surface area contributed by atoms with Crippen LogP contribution in [0, 0.1) is 0 Å². The molecule has 0 spiro atoms. The zero-order valence-corrected chi connectivity index (χ0v) is 10.9. The Hall–Kier alpha value is -1.76. The van der Waals surface area contributed by atoms with Gasteiger partial charge in [-0.3, -0.25) is 0 Å². The zero-order valence-electron chi connectivity index (χ0n) is 12.0. The maximum atomic E-state index is 10.4. The molecule has 2 N–H and O–H groups in total. The van der Waals surface area contributed by atoms with Gasteiger partial charge in [-0.25, -0.2) is 15.0 Å². The average Bonchev–Trinajstić information content (AvgIpc) is 2.72. The summed E-state index contributed by atoms with van der Waals surface area (Å²) in [7, 11) is -4.42. The van der Waals surface area contributed by atoms with E-state index in [1.165, 1.54) is 6.33 Å². The first-order chi connectivity index (χ1) is 8.97. The van der Waals surface area contributed by atoms with E-state index in [9.17, 15) is 14.4 Å². The molecule has 0 bridgehead atoms. The highest BCUT2D eigenvalue weighted by atomic mass is 31.2. The summed E-state index contributed by atoms with van der Waals surface area (Å²) in [6.45, 7) is 0.467. The van der Waals surface area contributed by atoms with E-state index in [1.807, 2.05) is 0 Å². The fraction of sp³-hybridized carbons (Fsp3) is 0.300. The molecule has 0 saturated carbocycles. The highest BCUT2D eigenvalue weighted by Gasteiger charge is 2.05. The van der Waals surface area contributed by atoms with Crippen LogP contribution in [0.25, 0.3) is 11.2 Å². The van der Waals surface area contributed by atoms with Crippen LogP contribution < -0.4 is 15.5 Å². The molecule has 0 radical (unpaired) electrons. The molecule has 0 amide bonds. The third-order valence-corrected chi connectivity index (χ3v) is 3.27. The van der Waals surface area contributed by atoms with Gasteiger partial charge >= 0.3 is 2.85 Å². The van der Waals surface area contributed by atoms with E-state index < -0.39 is 7.60 Å². The van der Waals surface area contributed by atoms with Crippen molar-refractivity contribution in [1.29, 1.82) is 0 Å². The lowest BCUT2D eigenvalue weighted by Gasteiger charge is -2.28. The summed E-state index contributed by atoms with van der Waals surface area (Å²) in [6.07, 6.45) is 6.14. The van der Waals surface area contributed by atoms with Crippen molar-refractivity contribution < 1.29 is 17.2 Å². The zero-order chi connectivity index (χ0) is 13.9. The number of nitrogens with zero attached hydrogens (tertiary/aromatic N) is 4. The number of anilines is 1. The molecule has 2 heterocycles. The van der Waals surface area contributed by atoms with Crippen molar-refractivity contribution >= 4 is 24.6 Å².